The lowest BCUT2D eigenvalue weighted by molar-refractivity contribution is 0.0419. The van der Waals surface area contributed by atoms with Crippen LogP contribution in [0.15, 0.2) is 30.5 Å². The molecule has 8 heterocycles. The van der Waals surface area contributed by atoms with Crippen molar-refractivity contribution in [3.8, 4) is 23.0 Å². The number of benzene rings is 2. The van der Waals surface area contributed by atoms with E-state index in [-0.39, 0.29) is 28.5 Å². The molecule has 11 rings (SSSR count). The molecule has 0 amide bonds. The topological polar surface area (TPSA) is 83.8 Å². The van der Waals surface area contributed by atoms with E-state index < -0.39 is 11.6 Å². The molecule has 2 aromatic carbocycles. The average molecular weight is 630 g/mol. The fourth-order valence-corrected chi connectivity index (χ4v) is 8.55. The Balaban J connectivity index is 1.26. The molecule has 6 aliphatic heterocycles. The molecular formula is C36H41F2N5O3. The number of phenolic OH excluding ortho intramolecular Hbond substituents is 1. The lowest BCUT2D eigenvalue weighted by atomic mass is 9.73. The third kappa shape index (κ3) is 5.23. The highest BCUT2D eigenvalue weighted by atomic mass is 19.1. The highest BCUT2D eigenvalue weighted by Gasteiger charge is 2.45. The normalized spacial score (nSPS) is 23.3. The van der Waals surface area contributed by atoms with Gasteiger partial charge in [-0.25, -0.2) is 8.78 Å². The van der Waals surface area contributed by atoms with Gasteiger partial charge >= 0.3 is 6.01 Å². The number of aromatic nitrogens is 3. The largest absolute Gasteiger partial charge is 0.508 e. The molecule has 1 N–H and O–H groups in total. The average Bonchev–Trinajstić information content (AvgIpc) is 3.61. The first kappa shape index (κ1) is 29.8. The fraction of sp³-hybridized carbons (Fsp3) is 0.528. The summed E-state index contributed by atoms with van der Waals surface area (Å²) in [6, 6.07) is 6.18. The molecule has 46 heavy (non-hydrogen) atoms. The summed E-state index contributed by atoms with van der Waals surface area (Å²) in [4.78, 5) is 18.7. The number of hydrogen-bond acceptors (Lipinski definition) is 8. The van der Waals surface area contributed by atoms with Crippen LogP contribution in [0.25, 0.3) is 32.9 Å². The molecule has 6 bridgehead atoms. The van der Waals surface area contributed by atoms with Gasteiger partial charge in [-0.2, -0.15) is 9.97 Å². The summed E-state index contributed by atoms with van der Waals surface area (Å²) in [5.74, 6) is 0.665. The van der Waals surface area contributed by atoms with Crippen LogP contribution < -0.4 is 9.64 Å². The summed E-state index contributed by atoms with van der Waals surface area (Å²) in [6.07, 6.45) is 10.7. The number of hydrogen-bond donors (Lipinski definition) is 1. The zero-order chi connectivity index (χ0) is 31.4. The van der Waals surface area contributed by atoms with E-state index >= 15 is 8.78 Å². The van der Waals surface area contributed by atoms with Crippen LogP contribution in [0.2, 0.25) is 0 Å². The molecule has 0 spiro atoms. The van der Waals surface area contributed by atoms with E-state index in [9.17, 15) is 5.11 Å². The van der Waals surface area contributed by atoms with E-state index in [2.05, 4.69) is 19.8 Å². The van der Waals surface area contributed by atoms with E-state index in [1.807, 2.05) is 7.05 Å². The smallest absolute Gasteiger partial charge is 0.319 e. The summed E-state index contributed by atoms with van der Waals surface area (Å²) in [5, 5.41) is 12.3. The zero-order valence-electron chi connectivity index (χ0n) is 26.4. The minimum atomic E-state index is -0.655. The van der Waals surface area contributed by atoms with Crippen molar-refractivity contribution >= 4 is 27.5 Å². The van der Waals surface area contributed by atoms with Crippen LogP contribution in [0.3, 0.4) is 0 Å². The molecule has 4 aromatic rings. The standard InChI is InChI=1S/C36H41F2N5O3/c1-42-11-2-5-22-15-23(16-22)20-45-14-8-26-29(37)7-6-24-17-25(44)18-27(30(24)26)32-31(38)33-28(19-39-32)34(42)41-35(40-33)46-21-36-9-3-12-43(36)13-4-10-36/h6-7,17-19,22-23,44H,2-5,8-16,20-21H2,1H3. The summed E-state index contributed by atoms with van der Waals surface area (Å²) in [6.45, 7) is 4.39. The van der Waals surface area contributed by atoms with Crippen molar-refractivity contribution in [3.05, 3.63) is 47.7 Å². The Morgan fingerprint density at radius 2 is 1.87 bits per heavy atom. The molecule has 10 heteroatoms. The SMILES string of the molecule is CN1CCCC2CC(COCCc3c(F)ccc4cc(O)cc(c34)-c3ncc4c1nc(OCC15CCCN1CCC5)nc4c3F)C2. The summed E-state index contributed by atoms with van der Waals surface area (Å²) < 4.78 is 44.7. The van der Waals surface area contributed by atoms with Gasteiger partial charge in [0.2, 0.25) is 0 Å². The van der Waals surface area contributed by atoms with Gasteiger partial charge in [-0.05, 0) is 117 Å². The molecule has 8 nitrogen and oxygen atoms in total. The number of pyridine rings is 1. The van der Waals surface area contributed by atoms with Crippen LogP contribution in [0.1, 0.15) is 56.9 Å². The summed E-state index contributed by atoms with van der Waals surface area (Å²) in [7, 11) is 1.98. The number of rotatable bonds is 3. The third-order valence-corrected chi connectivity index (χ3v) is 11.0. The zero-order valence-corrected chi connectivity index (χ0v) is 26.4. The van der Waals surface area contributed by atoms with Crippen LogP contribution in [0.4, 0.5) is 14.6 Å². The fourth-order valence-electron chi connectivity index (χ4n) is 8.55. The minimum absolute atomic E-state index is 0.00508. The second kappa shape index (κ2) is 11.9. The van der Waals surface area contributed by atoms with Gasteiger partial charge in [0.05, 0.1) is 17.5 Å². The molecule has 1 aliphatic carbocycles. The number of nitrogens with zero attached hydrogens (tertiary/aromatic N) is 5. The van der Waals surface area contributed by atoms with Crippen molar-refractivity contribution in [1.82, 2.24) is 19.9 Å². The van der Waals surface area contributed by atoms with Gasteiger partial charge in [0, 0.05) is 32.0 Å². The third-order valence-electron chi connectivity index (χ3n) is 11.0. The Labute approximate surface area is 267 Å². The highest BCUT2D eigenvalue weighted by Crippen LogP contribution is 2.42. The van der Waals surface area contributed by atoms with Crippen molar-refractivity contribution in [2.45, 2.75) is 63.3 Å². The Bertz CT molecular complexity index is 1790. The van der Waals surface area contributed by atoms with Gasteiger partial charge in [-0.1, -0.05) is 6.07 Å². The molecule has 2 saturated heterocycles. The van der Waals surface area contributed by atoms with E-state index in [0.29, 0.717) is 71.2 Å². The van der Waals surface area contributed by atoms with Crippen LogP contribution in [0.5, 0.6) is 11.8 Å². The van der Waals surface area contributed by atoms with Gasteiger partial charge < -0.3 is 19.5 Å². The van der Waals surface area contributed by atoms with Crippen LogP contribution in [-0.4, -0.2) is 77.0 Å². The van der Waals surface area contributed by atoms with Crippen LogP contribution in [-0.2, 0) is 11.2 Å². The molecule has 2 aromatic heterocycles. The second-order valence-corrected chi connectivity index (χ2v) is 13.9. The number of aromatic hydroxyl groups is 1. The quantitative estimate of drug-likeness (QED) is 0.270. The van der Waals surface area contributed by atoms with E-state index in [4.69, 9.17) is 14.5 Å². The van der Waals surface area contributed by atoms with E-state index in [1.165, 1.54) is 12.1 Å². The predicted molar refractivity (Wildman–Crippen MR) is 173 cm³/mol. The Morgan fingerprint density at radius 1 is 1.04 bits per heavy atom. The lowest BCUT2D eigenvalue weighted by Crippen LogP contribution is -2.43. The van der Waals surface area contributed by atoms with Gasteiger partial charge in [0.15, 0.2) is 5.82 Å². The lowest BCUT2D eigenvalue weighted by Gasteiger charge is -2.35. The van der Waals surface area contributed by atoms with Crippen LogP contribution in [0, 0.1) is 23.5 Å². The van der Waals surface area contributed by atoms with Gasteiger partial charge in [-0.15, -0.1) is 0 Å². The van der Waals surface area contributed by atoms with Gasteiger partial charge in [0.25, 0.3) is 0 Å². The minimum Gasteiger partial charge on any atom is -0.508 e. The first-order valence-corrected chi connectivity index (χ1v) is 16.9. The number of fused-ring (bicyclic) bond motifs is 1. The first-order chi connectivity index (χ1) is 22.4. The first-order valence-electron chi connectivity index (χ1n) is 16.9. The molecule has 3 fully saturated rings. The number of halogens is 2. The maximum atomic E-state index is 16.9. The van der Waals surface area contributed by atoms with E-state index in [0.717, 1.165) is 71.0 Å². The Kier molecular flexibility index (Phi) is 7.68. The maximum absolute atomic E-state index is 16.9. The number of phenols is 1. The molecule has 0 atom stereocenters. The van der Waals surface area contributed by atoms with E-state index in [1.54, 1.807) is 18.3 Å². The van der Waals surface area contributed by atoms with Crippen molar-refractivity contribution in [2.75, 3.05) is 51.4 Å². The van der Waals surface area contributed by atoms with Crippen molar-refractivity contribution in [3.63, 3.8) is 0 Å². The Hall–Kier alpha value is -3.63. The molecule has 0 unspecified atom stereocenters. The number of ether oxygens (including phenoxy) is 2. The summed E-state index contributed by atoms with van der Waals surface area (Å²) in [5.41, 5.74) is 0.811. The molecule has 1 saturated carbocycles. The highest BCUT2D eigenvalue weighted by molar-refractivity contribution is 6.01. The molecular weight excluding hydrogens is 588 g/mol. The van der Waals surface area contributed by atoms with Crippen molar-refractivity contribution in [2.24, 2.45) is 11.8 Å². The molecule has 242 valence electrons. The molecule has 7 aliphatic rings. The second-order valence-electron chi connectivity index (χ2n) is 13.9. The van der Waals surface area contributed by atoms with Crippen LogP contribution >= 0.6 is 0 Å². The monoisotopic (exact) mass is 629 g/mol. The Morgan fingerprint density at radius 3 is 2.70 bits per heavy atom. The van der Waals surface area contributed by atoms with Gasteiger partial charge in [-0.3, -0.25) is 9.88 Å². The van der Waals surface area contributed by atoms with Crippen molar-refractivity contribution in [1.29, 1.82) is 0 Å². The predicted octanol–water partition coefficient (Wildman–Crippen LogP) is 6.65. The van der Waals surface area contributed by atoms with Crippen molar-refractivity contribution < 1.29 is 23.4 Å². The molecule has 0 radical (unpaired) electrons. The maximum Gasteiger partial charge on any atom is 0.319 e. The summed E-state index contributed by atoms with van der Waals surface area (Å²) >= 11 is 0. The van der Waals surface area contributed by atoms with Gasteiger partial charge in [0.1, 0.15) is 35.2 Å². The number of anilines is 1.